The average molecular weight is 154 g/mol. The Kier molecular flexibility index (Phi) is 4.42. The molecule has 0 radical (unpaired) electrons. The first kappa shape index (κ1) is 10.1. The van der Waals surface area contributed by atoms with Gasteiger partial charge in [-0.1, -0.05) is 13.8 Å². The molecule has 2 heteroatoms. The average Bonchev–Trinajstić information content (AvgIpc) is 2.33. The van der Waals surface area contributed by atoms with E-state index < -0.39 is 0 Å². The highest BCUT2D eigenvalue weighted by Crippen LogP contribution is 2.09. The van der Waals surface area contributed by atoms with Gasteiger partial charge in [-0.3, -0.25) is 0 Å². The van der Waals surface area contributed by atoms with Crippen LogP contribution in [0.15, 0.2) is 12.3 Å². The second-order valence-electron chi connectivity index (χ2n) is 2.26. The number of hydrogen-bond donors (Lipinski definition) is 1. The van der Waals surface area contributed by atoms with Crippen LogP contribution in [0.2, 0.25) is 0 Å². The van der Waals surface area contributed by atoms with Crippen molar-refractivity contribution in [2.75, 3.05) is 12.4 Å². The van der Waals surface area contributed by atoms with E-state index in [1.165, 1.54) is 5.56 Å². The fourth-order valence-electron chi connectivity index (χ4n) is 0.978. The van der Waals surface area contributed by atoms with Gasteiger partial charge in [0, 0.05) is 20.3 Å². The lowest BCUT2D eigenvalue weighted by molar-refractivity contribution is 0.929. The Hall–Kier alpha value is -0.920. The van der Waals surface area contributed by atoms with Gasteiger partial charge in [-0.2, -0.15) is 0 Å². The van der Waals surface area contributed by atoms with Crippen molar-refractivity contribution >= 4 is 5.82 Å². The van der Waals surface area contributed by atoms with E-state index in [9.17, 15) is 0 Å². The topological polar surface area (TPSA) is 17.0 Å². The third kappa shape index (κ3) is 2.66. The van der Waals surface area contributed by atoms with Crippen molar-refractivity contribution in [3.8, 4) is 0 Å². The van der Waals surface area contributed by atoms with Crippen molar-refractivity contribution in [1.29, 1.82) is 0 Å². The summed E-state index contributed by atoms with van der Waals surface area (Å²) < 4.78 is 2.06. The van der Waals surface area contributed by atoms with Crippen molar-refractivity contribution in [2.24, 2.45) is 7.05 Å². The normalized spacial score (nSPS) is 8.45. The van der Waals surface area contributed by atoms with Gasteiger partial charge in [-0.05, 0) is 18.6 Å². The molecule has 64 valence electrons. The van der Waals surface area contributed by atoms with Gasteiger partial charge in [0.15, 0.2) is 0 Å². The highest BCUT2D eigenvalue weighted by atomic mass is 15.1. The van der Waals surface area contributed by atoms with Crippen molar-refractivity contribution in [3.63, 3.8) is 0 Å². The number of nitrogens with zero attached hydrogens (tertiary/aromatic N) is 1. The lowest BCUT2D eigenvalue weighted by Crippen LogP contribution is -1.94. The number of aromatic nitrogens is 1. The lowest BCUT2D eigenvalue weighted by Gasteiger charge is -1.98. The molecule has 0 aliphatic heterocycles. The SMILES string of the molecule is CC.CNc1cc(C)cn1C. The van der Waals surface area contributed by atoms with Gasteiger partial charge in [-0.25, -0.2) is 0 Å². The van der Waals surface area contributed by atoms with Gasteiger partial charge in [-0.15, -0.1) is 0 Å². The number of nitrogens with one attached hydrogen (secondary N) is 1. The molecule has 0 bridgehead atoms. The Labute approximate surface area is 69.2 Å². The summed E-state index contributed by atoms with van der Waals surface area (Å²) in [4.78, 5) is 0. The fraction of sp³-hybridized carbons (Fsp3) is 0.556. The highest BCUT2D eigenvalue weighted by Gasteiger charge is 1.93. The van der Waals surface area contributed by atoms with Gasteiger partial charge in [0.1, 0.15) is 5.82 Å². The molecule has 1 N–H and O–H groups in total. The molecule has 0 unspecified atom stereocenters. The molecular formula is C9H18N2. The zero-order valence-corrected chi connectivity index (χ0v) is 8.10. The van der Waals surface area contributed by atoms with Crippen LogP contribution in [0.5, 0.6) is 0 Å². The predicted molar refractivity (Wildman–Crippen MR) is 51.0 cm³/mol. The second kappa shape index (κ2) is 4.83. The van der Waals surface area contributed by atoms with Crippen molar-refractivity contribution < 1.29 is 0 Å². The second-order valence-corrected chi connectivity index (χ2v) is 2.26. The molecule has 1 heterocycles. The molecule has 0 atom stereocenters. The zero-order valence-electron chi connectivity index (χ0n) is 8.10. The molecule has 11 heavy (non-hydrogen) atoms. The molecule has 0 amide bonds. The van der Waals surface area contributed by atoms with Crippen LogP contribution in [-0.2, 0) is 7.05 Å². The van der Waals surface area contributed by atoms with Crippen molar-refractivity contribution in [2.45, 2.75) is 20.8 Å². The molecule has 1 aromatic heterocycles. The number of anilines is 1. The summed E-state index contributed by atoms with van der Waals surface area (Å²) >= 11 is 0. The van der Waals surface area contributed by atoms with Crippen LogP contribution >= 0.6 is 0 Å². The summed E-state index contributed by atoms with van der Waals surface area (Å²) in [5.41, 5.74) is 1.29. The van der Waals surface area contributed by atoms with Crippen LogP contribution in [0.3, 0.4) is 0 Å². The summed E-state index contributed by atoms with van der Waals surface area (Å²) in [6.07, 6.45) is 2.09. The third-order valence-electron chi connectivity index (χ3n) is 1.40. The van der Waals surface area contributed by atoms with Crippen LogP contribution in [0.25, 0.3) is 0 Å². The summed E-state index contributed by atoms with van der Waals surface area (Å²) in [7, 11) is 3.95. The first-order valence-electron chi connectivity index (χ1n) is 4.05. The Morgan fingerprint density at radius 2 is 1.91 bits per heavy atom. The van der Waals surface area contributed by atoms with E-state index in [2.05, 4.69) is 29.1 Å². The summed E-state index contributed by atoms with van der Waals surface area (Å²) in [6.45, 7) is 6.08. The Balaban J connectivity index is 0.000000461. The number of rotatable bonds is 1. The van der Waals surface area contributed by atoms with E-state index in [4.69, 9.17) is 0 Å². The lowest BCUT2D eigenvalue weighted by atomic mass is 10.4. The molecule has 2 nitrogen and oxygen atoms in total. The maximum atomic E-state index is 3.08. The van der Waals surface area contributed by atoms with Crippen molar-refractivity contribution in [3.05, 3.63) is 17.8 Å². The van der Waals surface area contributed by atoms with Crippen LogP contribution in [0, 0.1) is 6.92 Å². The molecular weight excluding hydrogens is 136 g/mol. The first-order chi connectivity index (χ1) is 5.24. The third-order valence-corrected chi connectivity index (χ3v) is 1.40. The molecule has 0 saturated heterocycles. The first-order valence-corrected chi connectivity index (χ1v) is 4.05. The molecule has 0 spiro atoms. The fourth-order valence-corrected chi connectivity index (χ4v) is 0.978. The standard InChI is InChI=1S/C7H12N2.C2H6/c1-6-4-7(8-2)9(3)5-6;1-2/h4-5,8H,1-3H3;1-2H3. The van der Waals surface area contributed by atoms with Crippen LogP contribution in [0.1, 0.15) is 19.4 Å². The monoisotopic (exact) mass is 154 g/mol. The van der Waals surface area contributed by atoms with Gasteiger partial charge in [0.05, 0.1) is 0 Å². The molecule has 1 rings (SSSR count). The van der Waals surface area contributed by atoms with E-state index in [0.29, 0.717) is 0 Å². The molecule has 1 aromatic rings. The molecule has 0 aromatic carbocycles. The predicted octanol–water partition coefficient (Wildman–Crippen LogP) is 2.40. The largest absolute Gasteiger partial charge is 0.375 e. The maximum absolute atomic E-state index is 3.08. The van der Waals surface area contributed by atoms with E-state index >= 15 is 0 Å². The van der Waals surface area contributed by atoms with Crippen molar-refractivity contribution in [1.82, 2.24) is 4.57 Å². The zero-order chi connectivity index (χ0) is 8.85. The Morgan fingerprint density at radius 3 is 2.09 bits per heavy atom. The van der Waals surface area contributed by atoms with E-state index in [0.717, 1.165) is 5.82 Å². The summed E-state index contributed by atoms with van der Waals surface area (Å²) in [5, 5.41) is 3.08. The molecule has 0 saturated carbocycles. The van der Waals surface area contributed by atoms with E-state index in [1.54, 1.807) is 0 Å². The minimum Gasteiger partial charge on any atom is -0.375 e. The van der Waals surface area contributed by atoms with Gasteiger partial charge in [0.2, 0.25) is 0 Å². The molecule has 0 aliphatic rings. The Bertz CT molecular complexity index is 201. The molecule has 0 aliphatic carbocycles. The van der Waals surface area contributed by atoms with Gasteiger partial charge in [0.25, 0.3) is 0 Å². The van der Waals surface area contributed by atoms with Gasteiger partial charge >= 0.3 is 0 Å². The maximum Gasteiger partial charge on any atom is 0.105 e. The summed E-state index contributed by atoms with van der Waals surface area (Å²) in [6, 6.07) is 2.11. The highest BCUT2D eigenvalue weighted by molar-refractivity contribution is 5.39. The number of aryl methyl sites for hydroxylation is 2. The van der Waals surface area contributed by atoms with Crippen LogP contribution in [-0.4, -0.2) is 11.6 Å². The number of hydrogen-bond acceptors (Lipinski definition) is 1. The molecule has 0 fully saturated rings. The quantitative estimate of drug-likeness (QED) is 0.657. The smallest absolute Gasteiger partial charge is 0.105 e. The minimum absolute atomic E-state index is 1.16. The summed E-state index contributed by atoms with van der Waals surface area (Å²) in [5.74, 6) is 1.16. The van der Waals surface area contributed by atoms with Crippen LogP contribution < -0.4 is 5.32 Å². The van der Waals surface area contributed by atoms with Crippen LogP contribution in [0.4, 0.5) is 5.82 Å². The Morgan fingerprint density at radius 1 is 1.36 bits per heavy atom. The van der Waals surface area contributed by atoms with E-state index in [1.807, 2.05) is 27.9 Å². The van der Waals surface area contributed by atoms with Gasteiger partial charge < -0.3 is 9.88 Å². The van der Waals surface area contributed by atoms with E-state index in [-0.39, 0.29) is 0 Å². The minimum atomic E-state index is 1.16.